The van der Waals surface area contributed by atoms with E-state index in [1.54, 1.807) is 11.9 Å². The first-order valence-electron chi connectivity index (χ1n) is 5.69. The average Bonchev–Trinajstić information content (AvgIpc) is 2.66. The van der Waals surface area contributed by atoms with Crippen molar-refractivity contribution >= 4 is 23.0 Å². The van der Waals surface area contributed by atoms with Gasteiger partial charge < -0.3 is 4.57 Å². The average molecular weight is 233 g/mol. The number of nitrogens with zero attached hydrogens (tertiary/aromatic N) is 3. The van der Waals surface area contributed by atoms with Crippen LogP contribution in [0.4, 0.5) is 0 Å². The lowest BCUT2D eigenvalue weighted by Crippen LogP contribution is -2.34. The quantitative estimate of drug-likeness (QED) is 0.707. The maximum Gasteiger partial charge on any atom is 0.184 e. The van der Waals surface area contributed by atoms with E-state index in [4.69, 9.17) is 0 Å². The minimum absolute atomic E-state index is 0.570. The zero-order chi connectivity index (χ0) is 11.1. The van der Waals surface area contributed by atoms with E-state index in [0.29, 0.717) is 6.04 Å². The number of imidazole rings is 1. The molecule has 0 fully saturated rings. The zero-order valence-electron chi connectivity index (χ0n) is 9.55. The van der Waals surface area contributed by atoms with Crippen molar-refractivity contribution in [1.82, 2.24) is 13.9 Å². The van der Waals surface area contributed by atoms with Crippen molar-refractivity contribution in [3.63, 3.8) is 0 Å². The summed E-state index contributed by atoms with van der Waals surface area (Å²) in [6, 6.07) is 8.94. The van der Waals surface area contributed by atoms with Gasteiger partial charge in [-0.15, -0.1) is 0 Å². The summed E-state index contributed by atoms with van der Waals surface area (Å²) in [7, 11) is 0. The Labute approximate surface area is 99.6 Å². The van der Waals surface area contributed by atoms with Gasteiger partial charge in [0.05, 0.1) is 11.0 Å². The summed E-state index contributed by atoms with van der Waals surface area (Å²) in [5.74, 6) is 0. The van der Waals surface area contributed by atoms with Gasteiger partial charge in [0.15, 0.2) is 5.16 Å². The van der Waals surface area contributed by atoms with Gasteiger partial charge in [-0.2, -0.15) is 0 Å². The molecule has 2 aromatic rings. The Kier molecular flexibility index (Phi) is 2.41. The Morgan fingerprint density at radius 1 is 1.44 bits per heavy atom. The third-order valence-corrected chi connectivity index (χ3v) is 4.40. The molecule has 3 rings (SSSR count). The molecular formula is C12H15N3S. The van der Waals surface area contributed by atoms with Crippen molar-refractivity contribution in [3.8, 4) is 0 Å². The molecule has 0 spiro atoms. The third kappa shape index (κ3) is 1.44. The fraction of sp³-hybridized carbons (Fsp3) is 0.417. The van der Waals surface area contributed by atoms with Crippen LogP contribution in [0.25, 0.3) is 11.0 Å². The van der Waals surface area contributed by atoms with E-state index in [9.17, 15) is 0 Å². The highest BCUT2D eigenvalue weighted by molar-refractivity contribution is 7.96. The Morgan fingerprint density at radius 3 is 3.06 bits per heavy atom. The summed E-state index contributed by atoms with van der Waals surface area (Å²) in [6.45, 7) is 6.57. The molecule has 1 aliphatic heterocycles. The smallest absolute Gasteiger partial charge is 0.184 e. The highest BCUT2D eigenvalue weighted by atomic mass is 32.2. The van der Waals surface area contributed by atoms with E-state index in [-0.39, 0.29) is 0 Å². The minimum atomic E-state index is 0.570. The fourth-order valence-electron chi connectivity index (χ4n) is 2.23. The molecule has 16 heavy (non-hydrogen) atoms. The second-order valence-electron chi connectivity index (χ2n) is 4.17. The fourth-order valence-corrected chi connectivity index (χ4v) is 3.22. The van der Waals surface area contributed by atoms with Crippen LogP contribution in [0.1, 0.15) is 13.8 Å². The van der Waals surface area contributed by atoms with Crippen molar-refractivity contribution < 1.29 is 0 Å². The molecule has 0 N–H and O–H groups in total. The Bertz CT molecular complexity index is 520. The number of fused-ring (bicyclic) bond motifs is 3. The number of hydrogen-bond donors (Lipinski definition) is 0. The number of benzene rings is 1. The maximum absolute atomic E-state index is 4.67. The molecule has 0 aliphatic carbocycles. The number of rotatable bonds is 1. The first-order valence-corrected chi connectivity index (χ1v) is 6.47. The molecule has 1 aromatic carbocycles. The molecule has 1 aliphatic rings. The molecule has 2 heterocycles. The molecule has 1 unspecified atom stereocenters. The summed E-state index contributed by atoms with van der Waals surface area (Å²) in [4.78, 5) is 4.67. The van der Waals surface area contributed by atoms with Crippen LogP contribution in [0, 0.1) is 0 Å². The van der Waals surface area contributed by atoms with Crippen LogP contribution in [0.15, 0.2) is 29.4 Å². The van der Waals surface area contributed by atoms with Crippen LogP contribution >= 0.6 is 11.9 Å². The normalized spacial score (nSPS) is 21.2. The van der Waals surface area contributed by atoms with Crippen molar-refractivity contribution in [2.24, 2.45) is 0 Å². The maximum atomic E-state index is 4.67. The van der Waals surface area contributed by atoms with Crippen molar-refractivity contribution in [1.29, 1.82) is 0 Å². The summed E-state index contributed by atoms with van der Waals surface area (Å²) < 4.78 is 4.72. The molecule has 0 saturated heterocycles. The Balaban J connectivity index is 2.12. The van der Waals surface area contributed by atoms with Gasteiger partial charge in [-0.1, -0.05) is 19.1 Å². The number of likely N-dealkylation sites (N-methyl/N-ethyl adjacent to an activating group) is 1. The van der Waals surface area contributed by atoms with E-state index in [2.05, 4.69) is 45.9 Å². The largest absolute Gasteiger partial charge is 0.316 e. The van der Waals surface area contributed by atoms with E-state index in [1.807, 2.05) is 6.07 Å². The summed E-state index contributed by atoms with van der Waals surface area (Å²) >= 11 is 1.78. The van der Waals surface area contributed by atoms with Crippen LogP contribution in [0.2, 0.25) is 0 Å². The molecule has 0 radical (unpaired) electrons. The molecule has 84 valence electrons. The highest BCUT2D eigenvalue weighted by Gasteiger charge is 2.25. The van der Waals surface area contributed by atoms with Gasteiger partial charge in [-0.05, 0) is 31.0 Å². The lowest BCUT2D eigenvalue weighted by Gasteiger charge is -2.31. The first-order chi connectivity index (χ1) is 7.79. The summed E-state index contributed by atoms with van der Waals surface area (Å²) in [6.07, 6.45) is 0. The molecular weight excluding hydrogens is 218 g/mol. The van der Waals surface area contributed by atoms with Crippen molar-refractivity contribution in [3.05, 3.63) is 24.3 Å². The van der Waals surface area contributed by atoms with Crippen LogP contribution in [-0.2, 0) is 6.54 Å². The van der Waals surface area contributed by atoms with Gasteiger partial charge in [0, 0.05) is 19.1 Å². The van der Waals surface area contributed by atoms with Gasteiger partial charge in [0.25, 0.3) is 0 Å². The topological polar surface area (TPSA) is 21.1 Å². The third-order valence-electron chi connectivity index (χ3n) is 3.07. The SMILES string of the molecule is CCN1Sc2nc3ccccc3n2CC1C. The number of aromatic nitrogens is 2. The van der Waals surface area contributed by atoms with Crippen LogP contribution in [-0.4, -0.2) is 26.4 Å². The predicted octanol–water partition coefficient (Wildman–Crippen LogP) is 2.77. The molecule has 3 nitrogen and oxygen atoms in total. The van der Waals surface area contributed by atoms with E-state index in [1.165, 1.54) is 5.52 Å². The minimum Gasteiger partial charge on any atom is -0.316 e. The van der Waals surface area contributed by atoms with Gasteiger partial charge in [-0.25, -0.2) is 9.29 Å². The van der Waals surface area contributed by atoms with Crippen LogP contribution < -0.4 is 0 Å². The van der Waals surface area contributed by atoms with Gasteiger partial charge in [0.1, 0.15) is 0 Å². The summed E-state index contributed by atoms with van der Waals surface area (Å²) in [5.41, 5.74) is 2.36. The number of hydrogen-bond acceptors (Lipinski definition) is 3. The number of para-hydroxylation sites is 2. The Morgan fingerprint density at radius 2 is 2.25 bits per heavy atom. The van der Waals surface area contributed by atoms with E-state index >= 15 is 0 Å². The zero-order valence-corrected chi connectivity index (χ0v) is 10.4. The first kappa shape index (κ1) is 10.2. The molecule has 0 bridgehead atoms. The van der Waals surface area contributed by atoms with E-state index in [0.717, 1.165) is 23.8 Å². The standard InChI is InChI=1S/C12H15N3S/c1-3-15-9(2)8-14-11-7-5-4-6-10(11)13-12(14)16-15/h4-7,9H,3,8H2,1-2H3. The lowest BCUT2D eigenvalue weighted by atomic mass is 10.3. The van der Waals surface area contributed by atoms with E-state index < -0.39 is 0 Å². The van der Waals surface area contributed by atoms with Crippen molar-refractivity contribution in [2.75, 3.05) is 6.54 Å². The van der Waals surface area contributed by atoms with Crippen LogP contribution in [0.5, 0.6) is 0 Å². The second-order valence-corrected chi connectivity index (χ2v) is 5.18. The highest BCUT2D eigenvalue weighted by Crippen LogP contribution is 2.32. The molecule has 1 atom stereocenters. The van der Waals surface area contributed by atoms with Crippen molar-refractivity contribution in [2.45, 2.75) is 31.6 Å². The van der Waals surface area contributed by atoms with Gasteiger partial charge >= 0.3 is 0 Å². The molecule has 0 saturated carbocycles. The molecule has 4 heteroatoms. The predicted molar refractivity (Wildman–Crippen MR) is 67.4 cm³/mol. The summed E-state index contributed by atoms with van der Waals surface area (Å²) in [5, 5.41) is 1.13. The lowest BCUT2D eigenvalue weighted by molar-refractivity contribution is 0.325. The van der Waals surface area contributed by atoms with Crippen LogP contribution in [0.3, 0.4) is 0 Å². The Hall–Kier alpha value is -1.00. The molecule has 1 aromatic heterocycles. The second kappa shape index (κ2) is 3.79. The van der Waals surface area contributed by atoms with Gasteiger partial charge in [-0.3, -0.25) is 0 Å². The molecule has 0 amide bonds. The monoisotopic (exact) mass is 233 g/mol. The van der Waals surface area contributed by atoms with Gasteiger partial charge in [0.2, 0.25) is 0 Å².